The van der Waals surface area contributed by atoms with Gasteiger partial charge in [-0.2, -0.15) is 9.97 Å². The number of aromatic hydroxyl groups is 1. The number of anilines is 2. The summed E-state index contributed by atoms with van der Waals surface area (Å²) in [6.45, 7) is 5.04. The van der Waals surface area contributed by atoms with Crippen molar-refractivity contribution < 1.29 is 9.84 Å². The van der Waals surface area contributed by atoms with E-state index in [1.807, 2.05) is 18.2 Å². The van der Waals surface area contributed by atoms with Crippen molar-refractivity contribution in [2.75, 3.05) is 42.6 Å². The van der Waals surface area contributed by atoms with Crippen LogP contribution in [0.1, 0.15) is 36.9 Å². The molecule has 0 radical (unpaired) electrons. The Morgan fingerprint density at radius 1 is 1.05 bits per heavy atom. The molecule has 3 atom stereocenters. The summed E-state index contributed by atoms with van der Waals surface area (Å²) in [5, 5.41) is 20.1. The summed E-state index contributed by atoms with van der Waals surface area (Å²) < 4.78 is 6.20. The molecule has 3 N–H and O–H groups in total. The van der Waals surface area contributed by atoms with Crippen LogP contribution < -0.4 is 25.2 Å². The Bertz CT molecular complexity index is 1320. The van der Waals surface area contributed by atoms with Gasteiger partial charge < -0.3 is 30.3 Å². The van der Waals surface area contributed by atoms with Crippen molar-refractivity contribution >= 4 is 33.9 Å². The van der Waals surface area contributed by atoms with Gasteiger partial charge >= 0.3 is 6.01 Å². The van der Waals surface area contributed by atoms with Crippen LogP contribution in [0.4, 0.5) is 11.5 Å². The van der Waals surface area contributed by atoms with Crippen LogP contribution >= 0.6 is 11.6 Å². The van der Waals surface area contributed by atoms with Gasteiger partial charge in [0.2, 0.25) is 0 Å². The van der Waals surface area contributed by atoms with E-state index in [0.717, 1.165) is 67.0 Å². The first kappa shape index (κ1) is 23.3. The van der Waals surface area contributed by atoms with E-state index >= 15 is 0 Å². The second-order valence-corrected chi connectivity index (χ2v) is 11.2. The van der Waals surface area contributed by atoms with E-state index in [1.165, 1.54) is 24.8 Å². The molecule has 2 aromatic carbocycles. The zero-order valence-corrected chi connectivity index (χ0v) is 21.7. The fraction of sp³-hybridized carbons (Fsp3) is 0.500. The maximum absolute atomic E-state index is 10.6. The molecule has 3 saturated heterocycles. The Labute approximate surface area is 222 Å². The maximum atomic E-state index is 10.6. The van der Waals surface area contributed by atoms with Gasteiger partial charge in [0.05, 0.1) is 17.3 Å². The average molecular weight is 521 g/mol. The van der Waals surface area contributed by atoms with E-state index in [1.54, 1.807) is 6.07 Å². The molecule has 0 spiro atoms. The smallest absolute Gasteiger partial charge is 0.318 e. The molecule has 3 aromatic rings. The minimum absolute atomic E-state index is 0.105. The Kier molecular flexibility index (Phi) is 5.98. The number of ether oxygens (including phenoxy) is 1. The predicted molar refractivity (Wildman–Crippen MR) is 146 cm³/mol. The first-order valence-electron chi connectivity index (χ1n) is 13.5. The van der Waals surface area contributed by atoms with Crippen LogP contribution in [0.2, 0.25) is 5.02 Å². The molecule has 5 heterocycles. The van der Waals surface area contributed by atoms with Crippen LogP contribution in [0.15, 0.2) is 30.3 Å². The molecular weight excluding hydrogens is 488 g/mol. The number of phenols is 1. The van der Waals surface area contributed by atoms with Gasteiger partial charge in [-0.3, -0.25) is 0 Å². The molecular formula is C28H33ClN6O2. The minimum atomic E-state index is 0.105. The van der Waals surface area contributed by atoms with Crippen molar-refractivity contribution in [3.05, 3.63) is 46.6 Å². The number of hydrogen-bond acceptors (Lipinski definition) is 8. The predicted octanol–water partition coefficient (Wildman–Crippen LogP) is 3.62. The van der Waals surface area contributed by atoms with Crippen molar-refractivity contribution in [3.8, 4) is 11.8 Å². The Morgan fingerprint density at radius 2 is 1.86 bits per heavy atom. The fourth-order valence-corrected chi connectivity index (χ4v) is 6.75. The van der Waals surface area contributed by atoms with Gasteiger partial charge in [-0.25, -0.2) is 0 Å². The van der Waals surface area contributed by atoms with Crippen LogP contribution in [0.25, 0.3) is 10.8 Å². The monoisotopic (exact) mass is 520 g/mol. The number of benzene rings is 2. The molecule has 4 aliphatic rings. The number of rotatable bonds is 5. The van der Waals surface area contributed by atoms with E-state index in [4.69, 9.17) is 26.3 Å². The third-order valence-corrected chi connectivity index (χ3v) is 8.79. The highest BCUT2D eigenvalue weighted by Crippen LogP contribution is 2.41. The molecule has 7 rings (SSSR count). The number of nitrogens with zero attached hydrogens (tertiary/aromatic N) is 4. The van der Waals surface area contributed by atoms with Gasteiger partial charge in [-0.15, -0.1) is 0 Å². The number of piperazine rings is 1. The molecule has 37 heavy (non-hydrogen) atoms. The highest BCUT2D eigenvalue weighted by atomic mass is 35.5. The van der Waals surface area contributed by atoms with Crippen molar-refractivity contribution in [3.63, 3.8) is 0 Å². The fourth-order valence-electron chi connectivity index (χ4n) is 6.53. The average Bonchev–Trinajstić information content (AvgIpc) is 3.57. The standard InChI is InChI=1S/C28H33ClN6O2/c29-26-21-6-2-1-5-20(21)24(12-25(26)36)34-11-9-22-23(15-34)32-28(37-16-19-4-3-10-30-19)33-27(22)35-13-17-7-8-18(14-35)31-17/h1-2,5-6,12,17-19,30-31,36H,3-4,7-11,13-16H2/t17-,18+,19-/m0/s1. The molecule has 4 aliphatic heterocycles. The van der Waals surface area contributed by atoms with Gasteiger partial charge in [0.25, 0.3) is 0 Å². The summed E-state index contributed by atoms with van der Waals surface area (Å²) in [7, 11) is 0. The van der Waals surface area contributed by atoms with Crippen LogP contribution in [0.3, 0.4) is 0 Å². The van der Waals surface area contributed by atoms with Gasteiger partial charge in [0, 0.05) is 65.8 Å². The van der Waals surface area contributed by atoms with Crippen LogP contribution in [-0.4, -0.2) is 66.0 Å². The molecule has 3 fully saturated rings. The highest BCUT2D eigenvalue weighted by molar-refractivity contribution is 6.37. The second kappa shape index (κ2) is 9.49. The molecule has 9 heteroatoms. The van der Waals surface area contributed by atoms with E-state index < -0.39 is 0 Å². The van der Waals surface area contributed by atoms with E-state index in [9.17, 15) is 5.11 Å². The third-order valence-electron chi connectivity index (χ3n) is 8.39. The summed E-state index contributed by atoms with van der Waals surface area (Å²) in [5.74, 6) is 1.15. The zero-order valence-electron chi connectivity index (χ0n) is 20.9. The summed E-state index contributed by atoms with van der Waals surface area (Å²) >= 11 is 6.44. The molecule has 8 nitrogen and oxygen atoms in total. The van der Waals surface area contributed by atoms with Gasteiger partial charge in [0.15, 0.2) is 0 Å². The third kappa shape index (κ3) is 4.35. The number of phenolic OH excluding ortho intramolecular Hbond substituents is 1. The van der Waals surface area contributed by atoms with Crippen LogP contribution in [0.5, 0.6) is 11.8 Å². The Hall–Kier alpha value is -2.81. The lowest BCUT2D eigenvalue weighted by molar-refractivity contribution is 0.255. The number of halogens is 1. The highest BCUT2D eigenvalue weighted by Gasteiger charge is 2.35. The number of aromatic nitrogens is 2. The maximum Gasteiger partial charge on any atom is 0.318 e. The Morgan fingerprint density at radius 3 is 2.65 bits per heavy atom. The lowest BCUT2D eigenvalue weighted by Crippen LogP contribution is -2.52. The van der Waals surface area contributed by atoms with E-state index in [-0.39, 0.29) is 5.75 Å². The van der Waals surface area contributed by atoms with E-state index in [0.29, 0.717) is 42.3 Å². The van der Waals surface area contributed by atoms with Gasteiger partial charge in [-0.05, 0) is 38.6 Å². The summed E-state index contributed by atoms with van der Waals surface area (Å²) in [4.78, 5) is 14.7. The normalized spacial score (nSPS) is 25.1. The molecule has 2 bridgehead atoms. The first-order valence-corrected chi connectivity index (χ1v) is 13.9. The van der Waals surface area contributed by atoms with Crippen molar-refractivity contribution in [2.24, 2.45) is 0 Å². The Balaban J connectivity index is 1.24. The van der Waals surface area contributed by atoms with Crippen LogP contribution in [0, 0.1) is 0 Å². The van der Waals surface area contributed by atoms with Crippen LogP contribution in [-0.2, 0) is 13.0 Å². The molecule has 1 aromatic heterocycles. The van der Waals surface area contributed by atoms with Crippen molar-refractivity contribution in [1.29, 1.82) is 0 Å². The quantitative estimate of drug-likeness (QED) is 0.470. The second-order valence-electron chi connectivity index (χ2n) is 10.8. The summed E-state index contributed by atoms with van der Waals surface area (Å²) in [6, 6.07) is 11.7. The van der Waals surface area contributed by atoms with Gasteiger partial charge in [-0.1, -0.05) is 35.9 Å². The molecule has 0 amide bonds. The van der Waals surface area contributed by atoms with Crippen molar-refractivity contribution in [1.82, 2.24) is 20.6 Å². The molecule has 0 unspecified atom stereocenters. The molecule has 194 valence electrons. The molecule has 0 saturated carbocycles. The number of hydrogen-bond donors (Lipinski definition) is 3. The minimum Gasteiger partial charge on any atom is -0.506 e. The zero-order chi connectivity index (χ0) is 24.9. The lowest BCUT2D eigenvalue weighted by atomic mass is 10.0. The van der Waals surface area contributed by atoms with Gasteiger partial charge in [0.1, 0.15) is 18.2 Å². The first-order chi connectivity index (χ1) is 18.1. The van der Waals surface area contributed by atoms with Crippen molar-refractivity contribution in [2.45, 2.75) is 56.8 Å². The number of fused-ring (bicyclic) bond motifs is 4. The largest absolute Gasteiger partial charge is 0.506 e. The molecule has 0 aliphatic carbocycles. The van der Waals surface area contributed by atoms with E-state index in [2.05, 4.69) is 26.5 Å². The topological polar surface area (TPSA) is 85.8 Å². The number of nitrogens with one attached hydrogen (secondary N) is 2. The summed E-state index contributed by atoms with van der Waals surface area (Å²) in [5.41, 5.74) is 3.21. The lowest BCUT2D eigenvalue weighted by Gasteiger charge is -2.37. The summed E-state index contributed by atoms with van der Waals surface area (Å²) in [6.07, 6.45) is 5.61. The SMILES string of the molecule is Oc1cc(N2CCc3c(nc(OC[C@@H]4CCCN4)nc3N3C[C@H]4CC[C@@H](C3)N4)C2)c2ccccc2c1Cl.